The molecule has 1 rings (SSSR count). The minimum absolute atomic E-state index is 0.194. The first-order chi connectivity index (χ1) is 14.7. The first-order valence-corrected chi connectivity index (χ1v) is 10.1. The normalized spacial score (nSPS) is 12.9. The molecule has 0 aliphatic carbocycles. The van der Waals surface area contributed by atoms with E-state index in [1.807, 2.05) is 25.1 Å². The van der Waals surface area contributed by atoms with Gasteiger partial charge in [-0.2, -0.15) is 13.2 Å². The molecule has 0 bridgehead atoms. The Morgan fingerprint density at radius 1 is 1.19 bits per heavy atom. The molecule has 0 aromatic heterocycles. The van der Waals surface area contributed by atoms with Gasteiger partial charge in [0.1, 0.15) is 11.8 Å². The summed E-state index contributed by atoms with van der Waals surface area (Å²) in [7, 11) is 0. The third-order valence-electron chi connectivity index (χ3n) is 4.27. The van der Waals surface area contributed by atoms with Crippen LogP contribution < -0.4 is 15.8 Å². The summed E-state index contributed by atoms with van der Waals surface area (Å²) < 4.78 is 37.3. The Morgan fingerprint density at radius 3 is 2.19 bits per heavy atom. The maximum Gasteiger partial charge on any atom is 0.490 e. The number of nitrogens with one attached hydrogen (secondary N) is 1. The molecule has 11 heteroatoms. The van der Waals surface area contributed by atoms with Crippen molar-refractivity contribution in [1.29, 1.82) is 0 Å². The number of hydrogen-bond donors (Lipinski definition) is 4. The monoisotopic (exact) mass is 464 g/mol. The lowest BCUT2D eigenvalue weighted by atomic mass is 9.98. The van der Waals surface area contributed by atoms with Crippen LogP contribution in [-0.2, 0) is 20.8 Å². The number of rotatable bonds is 9. The minimum Gasteiger partial charge on any atom is -0.475 e. The molecule has 32 heavy (non-hydrogen) atoms. The van der Waals surface area contributed by atoms with Gasteiger partial charge in [-0.15, -0.1) is 0 Å². The number of alkyl halides is 3. The van der Waals surface area contributed by atoms with Crippen LogP contribution in [0.1, 0.15) is 57.6 Å². The van der Waals surface area contributed by atoms with Crippen LogP contribution in [0.2, 0.25) is 0 Å². The third-order valence-corrected chi connectivity index (χ3v) is 4.27. The van der Waals surface area contributed by atoms with E-state index in [0.717, 1.165) is 17.5 Å². The van der Waals surface area contributed by atoms with Crippen LogP contribution in [-0.4, -0.2) is 52.9 Å². The molecule has 0 spiro atoms. The quantitative estimate of drug-likeness (QED) is 0.250. The fraction of sp³-hybridized carbons (Fsp3) is 0.571. The van der Waals surface area contributed by atoms with E-state index in [4.69, 9.17) is 20.4 Å². The van der Waals surface area contributed by atoms with E-state index in [0.29, 0.717) is 18.7 Å². The second kappa shape index (κ2) is 13.7. The summed E-state index contributed by atoms with van der Waals surface area (Å²) in [5.41, 5.74) is 7.55. The molecular weight excluding hydrogens is 433 g/mol. The molecule has 5 N–H and O–H groups in total. The number of ether oxygens (including phenoxy) is 1. The number of aryl methyl sites for hydroxylation is 1. The van der Waals surface area contributed by atoms with Crippen LogP contribution in [0.25, 0.3) is 0 Å². The number of carbonyl (C=O) groups excluding carboxylic acids is 2. The highest BCUT2D eigenvalue weighted by molar-refractivity contribution is 5.82. The SMILES string of the molecule is CCc1cccc(C(C)C)c1OC(=O)CCCNC(=O)C(N)[C@@H](C)O.O=C(O)C(F)(F)F. The van der Waals surface area contributed by atoms with Crippen LogP contribution in [0.5, 0.6) is 5.75 Å². The molecule has 1 aromatic carbocycles. The van der Waals surface area contributed by atoms with E-state index < -0.39 is 30.2 Å². The molecular formula is C21H31F3N2O6. The summed E-state index contributed by atoms with van der Waals surface area (Å²) in [5.74, 6) is -2.59. The molecule has 0 saturated carbocycles. The zero-order chi connectivity index (χ0) is 25.1. The van der Waals surface area contributed by atoms with E-state index in [1.54, 1.807) is 0 Å². The predicted molar refractivity (Wildman–Crippen MR) is 111 cm³/mol. The van der Waals surface area contributed by atoms with E-state index in [9.17, 15) is 27.9 Å². The van der Waals surface area contributed by atoms with Crippen LogP contribution in [0.15, 0.2) is 18.2 Å². The van der Waals surface area contributed by atoms with Gasteiger partial charge < -0.3 is 26.0 Å². The summed E-state index contributed by atoms with van der Waals surface area (Å²) in [4.78, 5) is 32.6. The zero-order valence-electron chi connectivity index (χ0n) is 18.5. The maximum atomic E-state index is 12.1. The van der Waals surface area contributed by atoms with Gasteiger partial charge in [0.2, 0.25) is 5.91 Å². The summed E-state index contributed by atoms with van der Waals surface area (Å²) in [6, 6.07) is 4.96. The summed E-state index contributed by atoms with van der Waals surface area (Å²) in [6.45, 7) is 7.91. The lowest BCUT2D eigenvalue weighted by Gasteiger charge is -2.16. The molecule has 0 heterocycles. The number of halogens is 3. The molecule has 0 aliphatic heterocycles. The molecule has 0 fully saturated rings. The van der Waals surface area contributed by atoms with Crippen molar-refractivity contribution in [3.63, 3.8) is 0 Å². The molecule has 182 valence electrons. The lowest BCUT2D eigenvalue weighted by molar-refractivity contribution is -0.192. The lowest BCUT2D eigenvalue weighted by Crippen LogP contribution is -2.47. The highest BCUT2D eigenvalue weighted by Gasteiger charge is 2.38. The number of aliphatic hydroxyl groups is 1. The standard InChI is InChI=1S/C19H30N2O4.C2HF3O2/c1-5-14-8-6-9-15(12(2)3)18(14)25-16(23)10-7-11-21-19(24)17(20)13(4)22;3-2(4,5)1(6)7/h6,8-9,12-13,17,22H,5,7,10-11,20H2,1-4H3,(H,21,24);(H,6,7)/t13-,17?;/m1./s1. The topological polar surface area (TPSA) is 139 Å². The summed E-state index contributed by atoms with van der Waals surface area (Å²) >= 11 is 0. The van der Waals surface area contributed by atoms with Crippen molar-refractivity contribution in [2.45, 2.75) is 71.2 Å². The smallest absolute Gasteiger partial charge is 0.475 e. The summed E-state index contributed by atoms with van der Waals surface area (Å²) in [5, 5.41) is 19.0. The molecule has 1 aromatic rings. The molecule has 0 saturated heterocycles. The fourth-order valence-corrected chi connectivity index (χ4v) is 2.41. The number of benzene rings is 1. The highest BCUT2D eigenvalue weighted by Crippen LogP contribution is 2.31. The van der Waals surface area contributed by atoms with Crippen LogP contribution >= 0.6 is 0 Å². The van der Waals surface area contributed by atoms with E-state index >= 15 is 0 Å². The Labute approximate surface area is 184 Å². The van der Waals surface area contributed by atoms with Gasteiger partial charge in [0, 0.05) is 13.0 Å². The molecule has 0 aliphatic rings. The molecule has 2 atom stereocenters. The summed E-state index contributed by atoms with van der Waals surface area (Å²) in [6.07, 6.45) is -4.57. The second-order valence-corrected chi connectivity index (χ2v) is 7.28. The van der Waals surface area contributed by atoms with Crippen LogP contribution in [0, 0.1) is 0 Å². The highest BCUT2D eigenvalue weighted by atomic mass is 19.4. The van der Waals surface area contributed by atoms with Crippen molar-refractivity contribution in [3.05, 3.63) is 29.3 Å². The number of carboxylic acid groups (broad SMARTS) is 1. The largest absolute Gasteiger partial charge is 0.490 e. The number of aliphatic carboxylic acids is 1. The number of amides is 1. The zero-order valence-corrected chi connectivity index (χ0v) is 18.5. The Morgan fingerprint density at radius 2 is 1.75 bits per heavy atom. The molecule has 1 amide bonds. The van der Waals surface area contributed by atoms with Gasteiger partial charge in [-0.25, -0.2) is 4.79 Å². The second-order valence-electron chi connectivity index (χ2n) is 7.28. The van der Waals surface area contributed by atoms with Gasteiger partial charge in [0.15, 0.2) is 0 Å². The van der Waals surface area contributed by atoms with Gasteiger partial charge in [0.25, 0.3) is 0 Å². The Bertz CT molecular complexity index is 766. The number of carboxylic acids is 1. The predicted octanol–water partition coefficient (Wildman–Crippen LogP) is 2.52. The van der Waals surface area contributed by atoms with Gasteiger partial charge in [-0.3, -0.25) is 9.59 Å². The van der Waals surface area contributed by atoms with Crippen molar-refractivity contribution < 1.29 is 42.5 Å². The Balaban J connectivity index is 0.00000118. The Hall–Kier alpha value is -2.66. The van der Waals surface area contributed by atoms with Gasteiger partial charge in [-0.05, 0) is 36.8 Å². The maximum absolute atomic E-state index is 12.1. The molecule has 0 radical (unpaired) electrons. The van der Waals surface area contributed by atoms with Gasteiger partial charge >= 0.3 is 18.1 Å². The number of esters is 1. The minimum atomic E-state index is -5.08. The van der Waals surface area contributed by atoms with Crippen LogP contribution in [0.4, 0.5) is 13.2 Å². The number of carbonyl (C=O) groups is 3. The van der Waals surface area contributed by atoms with Crippen molar-refractivity contribution in [2.75, 3.05) is 6.54 Å². The third kappa shape index (κ3) is 10.6. The van der Waals surface area contributed by atoms with Crippen molar-refractivity contribution in [3.8, 4) is 5.75 Å². The first-order valence-electron chi connectivity index (χ1n) is 10.1. The average molecular weight is 464 g/mol. The van der Waals surface area contributed by atoms with Gasteiger partial charge in [-0.1, -0.05) is 39.0 Å². The number of para-hydroxylation sites is 1. The number of hydrogen-bond acceptors (Lipinski definition) is 6. The van der Waals surface area contributed by atoms with Crippen molar-refractivity contribution in [2.24, 2.45) is 5.73 Å². The molecule has 1 unspecified atom stereocenters. The van der Waals surface area contributed by atoms with E-state index in [-0.39, 0.29) is 18.3 Å². The molecule has 8 nitrogen and oxygen atoms in total. The average Bonchev–Trinajstić information content (AvgIpc) is 2.69. The van der Waals surface area contributed by atoms with Crippen molar-refractivity contribution >= 4 is 17.8 Å². The first kappa shape index (κ1) is 29.3. The number of aliphatic hydroxyl groups excluding tert-OH is 1. The number of nitrogens with two attached hydrogens (primary N) is 1. The van der Waals surface area contributed by atoms with E-state index in [2.05, 4.69) is 19.2 Å². The Kier molecular flexibility index (Phi) is 12.5. The van der Waals surface area contributed by atoms with Gasteiger partial charge in [0.05, 0.1) is 6.10 Å². The fourth-order valence-electron chi connectivity index (χ4n) is 2.41. The van der Waals surface area contributed by atoms with Crippen LogP contribution in [0.3, 0.4) is 0 Å². The van der Waals surface area contributed by atoms with E-state index in [1.165, 1.54) is 6.92 Å². The van der Waals surface area contributed by atoms with Crippen molar-refractivity contribution in [1.82, 2.24) is 5.32 Å².